The highest BCUT2D eigenvalue weighted by Gasteiger charge is 1.89. The smallest absolute Gasteiger partial charge is 0.0431 e. The lowest BCUT2D eigenvalue weighted by atomic mass is 10.2. The summed E-state index contributed by atoms with van der Waals surface area (Å²) in [6.07, 6.45) is 1.80. The molecule has 0 aliphatic heterocycles. The molecule has 0 fully saturated rings. The molecule has 0 N–H and O–H groups in total. The number of halogens is 1. The average molecular weight is 143 g/mol. The molecule has 0 aromatic heterocycles. The molecule has 0 unspecified atom stereocenters. The van der Waals surface area contributed by atoms with Crippen LogP contribution in [-0.4, -0.2) is 0 Å². The van der Waals surface area contributed by atoms with E-state index in [9.17, 15) is 0 Å². The molecule has 0 amide bonds. The highest BCUT2D eigenvalue weighted by molar-refractivity contribution is 6.32. The van der Waals surface area contributed by atoms with Crippen LogP contribution in [0.5, 0.6) is 0 Å². The van der Waals surface area contributed by atoms with Gasteiger partial charge in [0.1, 0.15) is 0 Å². The van der Waals surface area contributed by atoms with Crippen LogP contribution in [0.2, 0.25) is 0 Å². The van der Waals surface area contributed by atoms with Gasteiger partial charge in [-0.15, -0.1) is 0 Å². The van der Waals surface area contributed by atoms with Crippen molar-refractivity contribution in [1.29, 1.82) is 0 Å². The Labute approximate surface area is 61.5 Å². The molecule has 50 valence electrons. The molecule has 0 radical (unpaired) electrons. The van der Waals surface area contributed by atoms with Crippen molar-refractivity contribution in [1.82, 2.24) is 0 Å². The van der Waals surface area contributed by atoms with Gasteiger partial charge in [-0.3, -0.25) is 0 Å². The van der Waals surface area contributed by atoms with Gasteiger partial charge in [0.25, 0.3) is 0 Å². The van der Waals surface area contributed by atoms with Crippen LogP contribution in [-0.2, 0) is 0 Å². The third kappa shape index (κ3) is 4.04. The van der Waals surface area contributed by atoms with E-state index in [1.807, 2.05) is 13.8 Å². The Kier molecular flexibility index (Phi) is 3.33. The average Bonchev–Trinajstić information content (AvgIpc) is 1.63. The Morgan fingerprint density at radius 2 is 1.78 bits per heavy atom. The molecule has 1 heteroatoms. The van der Waals surface area contributed by atoms with Crippen molar-refractivity contribution in [3.63, 3.8) is 0 Å². The predicted octanol–water partition coefficient (Wildman–Crippen LogP) is 3.26. The van der Waals surface area contributed by atoms with E-state index in [2.05, 4.69) is 13.2 Å². The summed E-state index contributed by atoms with van der Waals surface area (Å²) in [5.74, 6) is 0. The lowest BCUT2D eigenvalue weighted by Gasteiger charge is -1.93. The monoisotopic (exact) mass is 142 g/mol. The van der Waals surface area contributed by atoms with Crippen LogP contribution in [0.1, 0.15) is 13.8 Å². The van der Waals surface area contributed by atoms with Crippen LogP contribution < -0.4 is 0 Å². The van der Waals surface area contributed by atoms with Gasteiger partial charge in [-0.05, 0) is 25.5 Å². The Morgan fingerprint density at radius 3 is 1.89 bits per heavy atom. The molecule has 0 atom stereocenters. The zero-order chi connectivity index (χ0) is 7.44. The predicted molar refractivity (Wildman–Crippen MR) is 43.6 cm³/mol. The van der Waals surface area contributed by atoms with E-state index in [0.717, 1.165) is 11.1 Å². The molecule has 0 aliphatic carbocycles. The second-order valence-corrected chi connectivity index (χ2v) is 2.53. The van der Waals surface area contributed by atoms with E-state index in [1.165, 1.54) is 0 Å². The van der Waals surface area contributed by atoms with Crippen molar-refractivity contribution >= 4 is 11.6 Å². The van der Waals surface area contributed by atoms with Crippen molar-refractivity contribution in [2.45, 2.75) is 13.8 Å². The second kappa shape index (κ2) is 3.52. The van der Waals surface area contributed by atoms with Gasteiger partial charge in [0, 0.05) is 5.03 Å². The van der Waals surface area contributed by atoms with Crippen molar-refractivity contribution in [2.24, 2.45) is 0 Å². The van der Waals surface area contributed by atoms with Crippen molar-refractivity contribution in [3.05, 3.63) is 35.4 Å². The molecule has 0 aromatic rings. The maximum absolute atomic E-state index is 5.71. The van der Waals surface area contributed by atoms with Crippen LogP contribution in [0.3, 0.4) is 0 Å². The third-order valence-electron chi connectivity index (χ3n) is 0.781. The topological polar surface area (TPSA) is 0 Å². The fraction of sp³-hybridized carbons (Fsp3) is 0.250. The number of allylic oxidation sites excluding steroid dienone is 4. The summed E-state index contributed by atoms with van der Waals surface area (Å²) in [5.41, 5.74) is 1.82. The lowest BCUT2D eigenvalue weighted by Crippen LogP contribution is -1.72. The fourth-order valence-electron chi connectivity index (χ4n) is 0.340. The Hall–Kier alpha value is -0.490. The summed E-state index contributed by atoms with van der Waals surface area (Å²) in [4.78, 5) is 0. The molecule has 0 spiro atoms. The summed E-state index contributed by atoms with van der Waals surface area (Å²) in [7, 11) is 0. The van der Waals surface area contributed by atoms with Crippen molar-refractivity contribution < 1.29 is 0 Å². The SMILES string of the molecule is C=C(C)/C=C(/Cl)C(=C)C. The van der Waals surface area contributed by atoms with Crippen LogP contribution >= 0.6 is 11.6 Å². The number of hydrogen-bond donors (Lipinski definition) is 0. The lowest BCUT2D eigenvalue weighted by molar-refractivity contribution is 1.47. The van der Waals surface area contributed by atoms with Gasteiger partial charge in [0.05, 0.1) is 0 Å². The van der Waals surface area contributed by atoms with E-state index < -0.39 is 0 Å². The van der Waals surface area contributed by atoms with E-state index in [0.29, 0.717) is 5.03 Å². The van der Waals surface area contributed by atoms with Gasteiger partial charge in [-0.25, -0.2) is 0 Å². The normalized spacial score (nSPS) is 11.2. The molecule has 9 heavy (non-hydrogen) atoms. The zero-order valence-electron chi connectivity index (χ0n) is 5.87. The van der Waals surface area contributed by atoms with Gasteiger partial charge >= 0.3 is 0 Å². The van der Waals surface area contributed by atoms with Crippen LogP contribution in [0.4, 0.5) is 0 Å². The summed E-state index contributed by atoms with van der Waals surface area (Å²) >= 11 is 5.71. The van der Waals surface area contributed by atoms with Gasteiger partial charge in [-0.1, -0.05) is 30.3 Å². The highest BCUT2D eigenvalue weighted by Crippen LogP contribution is 2.13. The van der Waals surface area contributed by atoms with E-state index >= 15 is 0 Å². The Balaban J connectivity index is 4.17. The molecule has 0 bridgehead atoms. The van der Waals surface area contributed by atoms with Gasteiger partial charge < -0.3 is 0 Å². The molecule has 0 saturated heterocycles. The Bertz CT molecular complexity index is 163. The first-order valence-electron chi connectivity index (χ1n) is 2.72. The Morgan fingerprint density at radius 1 is 1.33 bits per heavy atom. The van der Waals surface area contributed by atoms with Crippen LogP contribution in [0.25, 0.3) is 0 Å². The molecule has 0 aliphatic rings. The largest absolute Gasteiger partial charge is 0.0961 e. The van der Waals surface area contributed by atoms with Gasteiger partial charge in [0.2, 0.25) is 0 Å². The van der Waals surface area contributed by atoms with Crippen LogP contribution in [0.15, 0.2) is 35.4 Å². The van der Waals surface area contributed by atoms with Crippen molar-refractivity contribution in [2.75, 3.05) is 0 Å². The molecule has 0 saturated carbocycles. The zero-order valence-corrected chi connectivity index (χ0v) is 6.63. The molecule has 0 nitrogen and oxygen atoms in total. The maximum Gasteiger partial charge on any atom is 0.0431 e. The van der Waals surface area contributed by atoms with Crippen LogP contribution in [0, 0.1) is 0 Å². The summed E-state index contributed by atoms with van der Waals surface area (Å²) in [5, 5.41) is 0.683. The fourth-order valence-corrected chi connectivity index (χ4v) is 0.526. The minimum Gasteiger partial charge on any atom is -0.0961 e. The first-order valence-corrected chi connectivity index (χ1v) is 3.10. The minimum absolute atomic E-state index is 0.683. The standard InChI is InChI=1S/C8H11Cl/c1-6(2)5-8(9)7(3)4/h5H,1,3H2,2,4H3/b8-5+. The number of hydrogen-bond acceptors (Lipinski definition) is 0. The molecule has 0 rings (SSSR count). The maximum atomic E-state index is 5.71. The van der Waals surface area contributed by atoms with Gasteiger partial charge in [0.15, 0.2) is 0 Å². The first-order chi connectivity index (χ1) is 4.04. The van der Waals surface area contributed by atoms with E-state index in [-0.39, 0.29) is 0 Å². The third-order valence-corrected chi connectivity index (χ3v) is 1.21. The van der Waals surface area contributed by atoms with E-state index in [4.69, 9.17) is 11.6 Å². The summed E-state index contributed by atoms with van der Waals surface area (Å²) in [6, 6.07) is 0. The summed E-state index contributed by atoms with van der Waals surface area (Å²) in [6.45, 7) is 11.1. The molecular formula is C8H11Cl. The quantitative estimate of drug-likeness (QED) is 0.520. The van der Waals surface area contributed by atoms with E-state index in [1.54, 1.807) is 6.08 Å². The van der Waals surface area contributed by atoms with Gasteiger partial charge in [-0.2, -0.15) is 0 Å². The molecular weight excluding hydrogens is 132 g/mol. The minimum atomic E-state index is 0.683. The van der Waals surface area contributed by atoms with Crippen molar-refractivity contribution in [3.8, 4) is 0 Å². The summed E-state index contributed by atoms with van der Waals surface area (Å²) < 4.78 is 0. The molecule has 0 aromatic carbocycles. The highest BCUT2D eigenvalue weighted by atomic mass is 35.5. The number of rotatable bonds is 2. The molecule has 0 heterocycles. The first kappa shape index (κ1) is 8.51. The second-order valence-electron chi connectivity index (χ2n) is 2.12.